The van der Waals surface area contributed by atoms with E-state index in [4.69, 9.17) is 20.3 Å². The van der Waals surface area contributed by atoms with E-state index in [0.29, 0.717) is 13.0 Å². The molecule has 1 heterocycles. The molecule has 1 aliphatic heterocycles. The zero-order valence-electron chi connectivity index (χ0n) is 28.8. The standard InChI is InChI=1S/C33H57N5O7S/c1-9-22(4)30(37(6)33(41)29(34)21(2)3)27(44-7)19-28(39)38-17-13-16-26(38)31(45-8)23(5)32(40)36-25(20-46(35,42)43)18-24-14-11-10-12-15-24/h10-12,14-15,21-23,25-27,29-31H,9,13,16-20,34H2,1-8H3,(H,36,40)(H2,35,42,43)/t22-,23+,25-,26-,27+,29-,30-,31+/m0/s1. The van der Waals surface area contributed by atoms with E-state index >= 15 is 0 Å². The number of nitrogens with zero attached hydrogens (tertiary/aromatic N) is 2. The maximum Gasteiger partial charge on any atom is 0.239 e. The first kappa shape index (κ1) is 39.6. The van der Waals surface area contributed by atoms with Gasteiger partial charge in [-0.3, -0.25) is 14.4 Å². The molecule has 1 saturated heterocycles. The van der Waals surface area contributed by atoms with Crippen molar-refractivity contribution in [1.29, 1.82) is 0 Å². The Hall–Kier alpha value is -2.58. The lowest BCUT2D eigenvalue weighted by atomic mass is 9.89. The van der Waals surface area contributed by atoms with Crippen molar-refractivity contribution in [2.45, 2.75) is 103 Å². The highest BCUT2D eigenvalue weighted by molar-refractivity contribution is 7.89. The molecule has 46 heavy (non-hydrogen) atoms. The van der Waals surface area contributed by atoms with Crippen molar-refractivity contribution in [3.8, 4) is 0 Å². The van der Waals surface area contributed by atoms with Crippen LogP contribution >= 0.6 is 0 Å². The Morgan fingerprint density at radius 3 is 2.24 bits per heavy atom. The summed E-state index contributed by atoms with van der Waals surface area (Å²) in [7, 11) is 0.912. The third kappa shape index (κ3) is 11.0. The van der Waals surface area contributed by atoms with Gasteiger partial charge in [0, 0.05) is 33.9 Å². The first-order valence-corrected chi connectivity index (χ1v) is 18.0. The van der Waals surface area contributed by atoms with Gasteiger partial charge < -0.3 is 30.3 Å². The van der Waals surface area contributed by atoms with E-state index in [2.05, 4.69) is 5.32 Å². The van der Waals surface area contributed by atoms with Crippen LogP contribution < -0.4 is 16.2 Å². The highest BCUT2D eigenvalue weighted by Gasteiger charge is 2.42. The van der Waals surface area contributed by atoms with Gasteiger partial charge in [0.1, 0.15) is 0 Å². The Bertz CT molecular complexity index is 1230. The van der Waals surface area contributed by atoms with Gasteiger partial charge in [-0.05, 0) is 36.7 Å². The number of nitrogens with one attached hydrogen (secondary N) is 1. The highest BCUT2D eigenvalue weighted by Crippen LogP contribution is 2.29. The number of methoxy groups -OCH3 is 2. The lowest BCUT2D eigenvalue weighted by Gasteiger charge is -2.40. The first-order chi connectivity index (χ1) is 21.6. The molecule has 8 atom stereocenters. The molecule has 0 saturated carbocycles. The molecule has 0 aliphatic carbocycles. The van der Waals surface area contributed by atoms with E-state index < -0.39 is 46.0 Å². The van der Waals surface area contributed by atoms with E-state index in [-0.39, 0.29) is 54.5 Å². The minimum atomic E-state index is -3.87. The first-order valence-electron chi connectivity index (χ1n) is 16.3. The number of rotatable bonds is 18. The molecule has 13 heteroatoms. The monoisotopic (exact) mass is 667 g/mol. The summed E-state index contributed by atoms with van der Waals surface area (Å²) < 4.78 is 35.7. The third-order valence-corrected chi connectivity index (χ3v) is 10.2. The fraction of sp³-hybridized carbons (Fsp3) is 0.727. The van der Waals surface area contributed by atoms with E-state index in [1.54, 1.807) is 30.9 Å². The van der Waals surface area contributed by atoms with Gasteiger partial charge in [0.05, 0.1) is 48.4 Å². The van der Waals surface area contributed by atoms with Gasteiger partial charge in [-0.15, -0.1) is 0 Å². The van der Waals surface area contributed by atoms with Gasteiger partial charge in [-0.2, -0.15) is 0 Å². The average Bonchev–Trinajstić information content (AvgIpc) is 3.49. The highest BCUT2D eigenvalue weighted by atomic mass is 32.2. The van der Waals surface area contributed by atoms with Crippen molar-refractivity contribution in [2.75, 3.05) is 33.6 Å². The number of amides is 3. The summed E-state index contributed by atoms with van der Waals surface area (Å²) in [5.74, 6) is -1.85. The van der Waals surface area contributed by atoms with Gasteiger partial charge in [0.2, 0.25) is 27.7 Å². The van der Waals surface area contributed by atoms with Crippen LogP contribution in [0.5, 0.6) is 0 Å². The molecule has 0 unspecified atom stereocenters. The largest absolute Gasteiger partial charge is 0.379 e. The second kappa shape index (κ2) is 18.1. The Morgan fingerprint density at radius 1 is 1.09 bits per heavy atom. The Balaban J connectivity index is 2.23. The number of sulfonamides is 1. The van der Waals surface area contributed by atoms with E-state index in [1.165, 1.54) is 7.11 Å². The minimum Gasteiger partial charge on any atom is -0.379 e. The molecule has 3 amide bonds. The summed E-state index contributed by atoms with van der Waals surface area (Å²) in [6, 6.07) is 7.10. The molecule has 0 spiro atoms. The number of benzene rings is 1. The van der Waals surface area contributed by atoms with Crippen molar-refractivity contribution in [1.82, 2.24) is 15.1 Å². The van der Waals surface area contributed by atoms with Crippen LogP contribution in [0, 0.1) is 17.8 Å². The normalized spacial score (nSPS) is 20.0. The Kier molecular flexibility index (Phi) is 15.6. The number of hydrogen-bond acceptors (Lipinski definition) is 8. The van der Waals surface area contributed by atoms with E-state index in [9.17, 15) is 22.8 Å². The van der Waals surface area contributed by atoms with Crippen molar-refractivity contribution in [3.05, 3.63) is 35.9 Å². The smallest absolute Gasteiger partial charge is 0.239 e. The van der Waals surface area contributed by atoms with E-state index in [1.807, 2.05) is 58.0 Å². The summed E-state index contributed by atoms with van der Waals surface area (Å²) in [5, 5.41) is 8.23. The molecule has 262 valence electrons. The molecule has 12 nitrogen and oxygen atoms in total. The van der Waals surface area contributed by atoms with Crippen molar-refractivity contribution in [3.63, 3.8) is 0 Å². The summed E-state index contributed by atoms with van der Waals surface area (Å²) in [4.78, 5) is 44.1. The lowest BCUT2D eigenvalue weighted by Crippen LogP contribution is -2.56. The fourth-order valence-electron chi connectivity index (χ4n) is 6.49. The van der Waals surface area contributed by atoms with Crippen LogP contribution in [0.1, 0.15) is 65.9 Å². The number of hydrogen-bond donors (Lipinski definition) is 3. The van der Waals surface area contributed by atoms with Crippen LogP contribution in [-0.2, 0) is 40.3 Å². The predicted molar refractivity (Wildman–Crippen MR) is 179 cm³/mol. The molecule has 1 aromatic carbocycles. The number of carbonyl (C=O) groups excluding carboxylic acids is 3. The average molecular weight is 668 g/mol. The quantitative estimate of drug-likeness (QED) is 0.213. The van der Waals surface area contributed by atoms with Crippen LogP contribution in [0.25, 0.3) is 0 Å². The molecule has 5 N–H and O–H groups in total. The van der Waals surface area contributed by atoms with Crippen LogP contribution in [-0.4, -0.2) is 106 Å². The van der Waals surface area contributed by atoms with Crippen molar-refractivity contribution >= 4 is 27.7 Å². The van der Waals surface area contributed by atoms with Gasteiger partial charge in [-0.1, -0.05) is 71.4 Å². The molecule has 1 aliphatic rings. The summed E-state index contributed by atoms with van der Waals surface area (Å²) in [6.45, 7) is 10.1. The number of likely N-dealkylation sites (N-methyl/N-ethyl adjacent to an activating group) is 1. The zero-order valence-corrected chi connectivity index (χ0v) is 29.7. The molecular weight excluding hydrogens is 610 g/mol. The minimum absolute atomic E-state index is 0.0389. The Labute approximate surface area is 276 Å². The second-order valence-electron chi connectivity index (χ2n) is 13.1. The number of carbonyl (C=O) groups is 3. The summed E-state index contributed by atoms with van der Waals surface area (Å²) in [5.41, 5.74) is 7.07. The van der Waals surface area contributed by atoms with Gasteiger partial charge in [-0.25, -0.2) is 13.6 Å². The predicted octanol–water partition coefficient (Wildman–Crippen LogP) is 1.91. The molecule has 0 bridgehead atoms. The number of likely N-dealkylation sites (tertiary alicyclic amines) is 1. The molecule has 0 radical (unpaired) electrons. The van der Waals surface area contributed by atoms with Gasteiger partial charge >= 0.3 is 0 Å². The Morgan fingerprint density at radius 2 is 1.72 bits per heavy atom. The number of ether oxygens (including phenoxy) is 2. The fourth-order valence-corrected chi connectivity index (χ4v) is 7.25. The van der Waals surface area contributed by atoms with Crippen molar-refractivity contribution < 1.29 is 32.3 Å². The van der Waals surface area contributed by atoms with Crippen LogP contribution in [0.2, 0.25) is 0 Å². The topological polar surface area (TPSA) is 174 Å². The zero-order chi connectivity index (χ0) is 34.8. The second-order valence-corrected chi connectivity index (χ2v) is 14.7. The van der Waals surface area contributed by atoms with Crippen LogP contribution in [0.3, 0.4) is 0 Å². The molecule has 1 fully saturated rings. The maximum atomic E-state index is 13.9. The number of nitrogens with two attached hydrogens (primary N) is 2. The summed E-state index contributed by atoms with van der Waals surface area (Å²) >= 11 is 0. The maximum absolute atomic E-state index is 13.9. The van der Waals surface area contributed by atoms with Gasteiger partial charge in [0.25, 0.3) is 0 Å². The molecular formula is C33H57N5O7S. The molecule has 1 aromatic rings. The van der Waals surface area contributed by atoms with E-state index in [0.717, 1.165) is 18.4 Å². The number of primary sulfonamides is 1. The molecule has 2 rings (SSSR count). The lowest BCUT2D eigenvalue weighted by molar-refractivity contribution is -0.146. The van der Waals surface area contributed by atoms with Crippen LogP contribution in [0.15, 0.2) is 30.3 Å². The SMILES string of the molecule is CC[C@H](C)[C@@H]([C@@H](CC(=O)N1CCC[C@H]1[C@H](OC)[C@@H](C)C(=O)N[C@@H](Cc1ccccc1)CS(N)(=O)=O)OC)N(C)C(=O)[C@@H](N)C(C)C. The molecule has 0 aromatic heterocycles. The van der Waals surface area contributed by atoms with Crippen LogP contribution in [0.4, 0.5) is 0 Å². The van der Waals surface area contributed by atoms with Gasteiger partial charge in [0.15, 0.2) is 0 Å². The summed E-state index contributed by atoms with van der Waals surface area (Å²) in [6.07, 6.45) is 1.27. The van der Waals surface area contributed by atoms with Crippen molar-refractivity contribution in [2.24, 2.45) is 28.6 Å². The third-order valence-electron chi connectivity index (χ3n) is 9.37.